The number of amides is 1. The van der Waals surface area contributed by atoms with E-state index in [1.54, 1.807) is 30.3 Å². The van der Waals surface area contributed by atoms with Crippen LogP contribution in [0.2, 0.25) is 0 Å². The summed E-state index contributed by atoms with van der Waals surface area (Å²) < 4.78 is 5.26. The van der Waals surface area contributed by atoms with Gasteiger partial charge >= 0.3 is 0 Å². The Labute approximate surface area is 110 Å². The molecule has 0 fully saturated rings. The number of nitrogens with zero attached hydrogens (tertiary/aromatic N) is 2. The van der Waals surface area contributed by atoms with Crippen molar-refractivity contribution in [3.05, 3.63) is 59.0 Å². The molecule has 19 heavy (non-hydrogen) atoms. The molecule has 1 N–H and O–H groups in total. The molecule has 0 aliphatic heterocycles. The Morgan fingerprint density at radius 1 is 1.32 bits per heavy atom. The lowest BCUT2D eigenvalue weighted by atomic mass is 10.1. The maximum Gasteiger partial charge on any atom is 0.271 e. The van der Waals surface area contributed by atoms with E-state index in [0.717, 1.165) is 5.76 Å². The fourth-order valence-electron chi connectivity index (χ4n) is 1.44. The molecule has 0 spiro atoms. The molecule has 0 aliphatic rings. The molecule has 1 aromatic carbocycles. The highest BCUT2D eigenvalue weighted by Gasteiger charge is 2.03. The minimum Gasteiger partial charge on any atom is -0.460 e. The first-order valence-corrected chi connectivity index (χ1v) is 5.59. The van der Waals surface area contributed by atoms with Gasteiger partial charge in [-0.25, -0.2) is 5.43 Å². The highest BCUT2D eigenvalue weighted by molar-refractivity contribution is 5.94. The van der Waals surface area contributed by atoms with Crippen molar-refractivity contribution in [2.45, 2.75) is 6.92 Å². The molecule has 0 bridgehead atoms. The van der Waals surface area contributed by atoms with Crippen LogP contribution in [0.1, 0.15) is 27.4 Å². The molecule has 0 saturated carbocycles. The molecule has 0 saturated heterocycles. The summed E-state index contributed by atoms with van der Waals surface area (Å²) in [6, 6.07) is 11.8. The van der Waals surface area contributed by atoms with Gasteiger partial charge in [-0.3, -0.25) is 4.79 Å². The quantitative estimate of drug-likeness (QED) is 0.673. The van der Waals surface area contributed by atoms with Crippen LogP contribution in [0.25, 0.3) is 0 Å². The Hall–Kier alpha value is -2.87. The molecule has 0 aliphatic carbocycles. The van der Waals surface area contributed by atoms with Crippen LogP contribution >= 0.6 is 0 Å². The third-order valence-electron chi connectivity index (χ3n) is 2.40. The van der Waals surface area contributed by atoms with Gasteiger partial charge < -0.3 is 4.42 Å². The Balaban J connectivity index is 1.97. The Bertz CT molecular complexity index is 648. The van der Waals surface area contributed by atoms with E-state index in [9.17, 15) is 4.79 Å². The van der Waals surface area contributed by atoms with E-state index in [1.807, 2.05) is 19.1 Å². The topological polar surface area (TPSA) is 78.4 Å². The number of aryl methyl sites for hydroxylation is 1. The second kappa shape index (κ2) is 5.65. The molecule has 5 heteroatoms. The fourth-order valence-corrected chi connectivity index (χ4v) is 1.44. The molecule has 1 heterocycles. The summed E-state index contributed by atoms with van der Waals surface area (Å²) in [6.45, 7) is 1.83. The first kappa shape index (κ1) is 12.6. The van der Waals surface area contributed by atoms with Crippen molar-refractivity contribution >= 4 is 12.1 Å². The molecule has 94 valence electrons. The second-order valence-electron chi connectivity index (χ2n) is 3.84. The van der Waals surface area contributed by atoms with E-state index in [0.29, 0.717) is 16.9 Å². The van der Waals surface area contributed by atoms with Crippen molar-refractivity contribution in [3.8, 4) is 6.07 Å². The average molecular weight is 253 g/mol. The number of hydrogen-bond donors (Lipinski definition) is 1. The number of carbonyl (C=O) groups excluding carboxylic acids is 1. The Morgan fingerprint density at radius 2 is 2.05 bits per heavy atom. The van der Waals surface area contributed by atoms with Gasteiger partial charge in [0, 0.05) is 5.56 Å². The number of nitrogens with one attached hydrogen (secondary N) is 1. The van der Waals surface area contributed by atoms with Crippen molar-refractivity contribution in [1.82, 2.24) is 5.43 Å². The predicted molar refractivity (Wildman–Crippen MR) is 69.7 cm³/mol. The molecule has 1 aromatic heterocycles. The van der Waals surface area contributed by atoms with Crippen LogP contribution in [0.4, 0.5) is 0 Å². The second-order valence-corrected chi connectivity index (χ2v) is 3.84. The van der Waals surface area contributed by atoms with E-state index < -0.39 is 0 Å². The van der Waals surface area contributed by atoms with Crippen molar-refractivity contribution in [3.63, 3.8) is 0 Å². The van der Waals surface area contributed by atoms with Gasteiger partial charge in [0.25, 0.3) is 5.91 Å². The van der Waals surface area contributed by atoms with E-state index in [2.05, 4.69) is 10.5 Å². The van der Waals surface area contributed by atoms with Gasteiger partial charge in [-0.05, 0) is 43.3 Å². The first-order chi connectivity index (χ1) is 9.19. The van der Waals surface area contributed by atoms with Crippen LogP contribution in [0.5, 0.6) is 0 Å². The predicted octanol–water partition coefficient (Wildman–Crippen LogP) is 2.22. The lowest BCUT2D eigenvalue weighted by molar-refractivity contribution is 0.0955. The van der Waals surface area contributed by atoms with Gasteiger partial charge in [-0.1, -0.05) is 0 Å². The lowest BCUT2D eigenvalue weighted by Crippen LogP contribution is -2.17. The van der Waals surface area contributed by atoms with Gasteiger partial charge in [0.05, 0.1) is 17.8 Å². The highest BCUT2D eigenvalue weighted by Crippen LogP contribution is 2.04. The van der Waals surface area contributed by atoms with E-state index >= 15 is 0 Å². The normalized spacial score (nSPS) is 10.3. The molecule has 1 amide bonds. The lowest BCUT2D eigenvalue weighted by Gasteiger charge is -1.98. The summed E-state index contributed by atoms with van der Waals surface area (Å²) in [6.07, 6.45) is 1.43. The summed E-state index contributed by atoms with van der Waals surface area (Å²) in [5.41, 5.74) is 3.32. The average Bonchev–Trinajstić information content (AvgIpc) is 2.84. The third-order valence-corrected chi connectivity index (χ3v) is 2.40. The van der Waals surface area contributed by atoms with Crippen LogP contribution in [-0.2, 0) is 0 Å². The number of furan rings is 1. The molecule has 0 radical (unpaired) electrons. The zero-order valence-corrected chi connectivity index (χ0v) is 10.3. The zero-order valence-electron chi connectivity index (χ0n) is 10.3. The van der Waals surface area contributed by atoms with E-state index in [1.165, 1.54) is 6.21 Å². The van der Waals surface area contributed by atoms with Gasteiger partial charge in [0.15, 0.2) is 0 Å². The largest absolute Gasteiger partial charge is 0.460 e. The van der Waals surface area contributed by atoms with Gasteiger partial charge in [0.2, 0.25) is 0 Å². The first-order valence-electron chi connectivity index (χ1n) is 5.59. The zero-order chi connectivity index (χ0) is 13.7. The molecule has 0 unspecified atom stereocenters. The van der Waals surface area contributed by atoms with Crippen LogP contribution in [0.15, 0.2) is 45.9 Å². The van der Waals surface area contributed by atoms with Crippen molar-refractivity contribution in [2.24, 2.45) is 5.10 Å². The number of carbonyl (C=O) groups is 1. The summed E-state index contributed by atoms with van der Waals surface area (Å²) in [5, 5.41) is 12.4. The van der Waals surface area contributed by atoms with Gasteiger partial charge in [-0.15, -0.1) is 0 Å². The third kappa shape index (κ3) is 3.30. The summed E-state index contributed by atoms with van der Waals surface area (Å²) in [5.74, 6) is 1.00. The van der Waals surface area contributed by atoms with E-state index in [-0.39, 0.29) is 5.91 Å². The Morgan fingerprint density at radius 3 is 2.63 bits per heavy atom. The Kier molecular flexibility index (Phi) is 3.74. The summed E-state index contributed by atoms with van der Waals surface area (Å²) in [7, 11) is 0. The van der Waals surface area contributed by atoms with Crippen molar-refractivity contribution < 1.29 is 9.21 Å². The minimum atomic E-state index is -0.344. The monoisotopic (exact) mass is 253 g/mol. The number of hydrazone groups is 1. The number of nitriles is 1. The number of benzene rings is 1. The van der Waals surface area contributed by atoms with Crippen LogP contribution in [0, 0.1) is 18.3 Å². The molecule has 5 nitrogen and oxygen atoms in total. The highest BCUT2D eigenvalue weighted by atomic mass is 16.3. The van der Waals surface area contributed by atoms with Crippen molar-refractivity contribution in [1.29, 1.82) is 5.26 Å². The smallest absolute Gasteiger partial charge is 0.271 e. The van der Waals surface area contributed by atoms with Crippen LogP contribution in [0.3, 0.4) is 0 Å². The van der Waals surface area contributed by atoms with Crippen LogP contribution in [-0.4, -0.2) is 12.1 Å². The maximum absolute atomic E-state index is 11.7. The number of rotatable bonds is 3. The SMILES string of the molecule is Cc1ccc(/C=N\NC(=O)c2ccc(C#N)cc2)o1. The molecule has 2 rings (SSSR count). The van der Waals surface area contributed by atoms with Gasteiger partial charge in [-0.2, -0.15) is 10.4 Å². The molecule has 0 atom stereocenters. The summed E-state index contributed by atoms with van der Waals surface area (Å²) >= 11 is 0. The molecular formula is C14H11N3O2. The van der Waals surface area contributed by atoms with Gasteiger partial charge in [0.1, 0.15) is 11.5 Å². The maximum atomic E-state index is 11.7. The van der Waals surface area contributed by atoms with Crippen LogP contribution < -0.4 is 5.43 Å². The van der Waals surface area contributed by atoms with E-state index in [4.69, 9.17) is 9.68 Å². The molecule has 2 aromatic rings. The van der Waals surface area contributed by atoms with Crippen molar-refractivity contribution in [2.75, 3.05) is 0 Å². The standard InChI is InChI=1S/C14H11N3O2/c1-10-2-7-13(19-10)9-16-17-14(18)12-5-3-11(8-15)4-6-12/h2-7,9H,1H3,(H,17,18)/b16-9-. The fraction of sp³-hybridized carbons (Fsp3) is 0.0714. The molecular weight excluding hydrogens is 242 g/mol. The minimum absolute atomic E-state index is 0.344. The summed E-state index contributed by atoms with van der Waals surface area (Å²) in [4.78, 5) is 11.7. The number of hydrogen-bond acceptors (Lipinski definition) is 4.